The second kappa shape index (κ2) is 6.01. The number of terminal acetylenes is 1. The molecule has 0 N–H and O–H groups in total. The van der Waals surface area contributed by atoms with Gasteiger partial charge in [-0.1, -0.05) is 25.0 Å². The largest absolute Gasteiger partial charge is 0.328 e. The molecule has 96 valence electrons. The minimum Gasteiger partial charge on any atom is -0.328 e. The fraction of sp³-hybridized carbons (Fsp3) is 0.250. The van der Waals surface area contributed by atoms with E-state index in [4.69, 9.17) is 6.42 Å². The summed E-state index contributed by atoms with van der Waals surface area (Å²) in [4.78, 5) is 18.5. The predicted molar refractivity (Wildman–Crippen MR) is 76.8 cm³/mol. The summed E-state index contributed by atoms with van der Waals surface area (Å²) in [7, 11) is 0. The van der Waals surface area contributed by atoms with Crippen molar-refractivity contribution in [1.29, 1.82) is 0 Å². The summed E-state index contributed by atoms with van der Waals surface area (Å²) in [5.74, 6) is 2.51. The molecule has 0 unspecified atom stereocenters. The molecular formula is C16H16N2O. The zero-order valence-corrected chi connectivity index (χ0v) is 11.0. The number of hydrogen-bond donors (Lipinski definition) is 0. The maximum Gasteiger partial charge on any atom is 0.255 e. The van der Waals surface area contributed by atoms with Gasteiger partial charge in [-0.25, -0.2) is 0 Å². The Morgan fingerprint density at radius 2 is 2.21 bits per heavy atom. The van der Waals surface area contributed by atoms with E-state index in [0.717, 1.165) is 17.3 Å². The first kappa shape index (κ1) is 13.1. The van der Waals surface area contributed by atoms with Crippen LogP contribution in [0, 0.1) is 12.3 Å². The predicted octanol–water partition coefficient (Wildman–Crippen LogP) is 2.72. The molecule has 2 aromatic rings. The topological polar surface area (TPSA) is 33.2 Å². The fourth-order valence-electron chi connectivity index (χ4n) is 2.09. The SMILES string of the molecule is C#CCN(CCC)C(=O)c1cccc2ncccc12. The lowest BCUT2D eigenvalue weighted by atomic mass is 10.1. The monoisotopic (exact) mass is 252 g/mol. The van der Waals surface area contributed by atoms with E-state index in [9.17, 15) is 4.79 Å². The number of pyridine rings is 1. The molecule has 0 saturated heterocycles. The lowest BCUT2D eigenvalue weighted by molar-refractivity contribution is 0.0779. The van der Waals surface area contributed by atoms with Crippen LogP contribution in [0.2, 0.25) is 0 Å². The van der Waals surface area contributed by atoms with Crippen molar-refractivity contribution < 1.29 is 4.79 Å². The van der Waals surface area contributed by atoms with Gasteiger partial charge in [0.2, 0.25) is 0 Å². The molecule has 19 heavy (non-hydrogen) atoms. The minimum absolute atomic E-state index is 0.0293. The van der Waals surface area contributed by atoms with Crippen LogP contribution >= 0.6 is 0 Å². The summed E-state index contributed by atoms with van der Waals surface area (Å²) < 4.78 is 0. The van der Waals surface area contributed by atoms with Crippen molar-refractivity contribution in [3.05, 3.63) is 42.1 Å². The maximum absolute atomic E-state index is 12.5. The van der Waals surface area contributed by atoms with Crippen LogP contribution in [0.3, 0.4) is 0 Å². The summed E-state index contributed by atoms with van der Waals surface area (Å²) >= 11 is 0. The highest BCUT2D eigenvalue weighted by atomic mass is 16.2. The number of aromatic nitrogens is 1. The first-order valence-electron chi connectivity index (χ1n) is 6.34. The quantitative estimate of drug-likeness (QED) is 0.784. The van der Waals surface area contributed by atoms with Crippen molar-refractivity contribution in [2.24, 2.45) is 0 Å². The molecule has 1 heterocycles. The Balaban J connectivity index is 2.43. The van der Waals surface area contributed by atoms with Crippen molar-refractivity contribution in [3.8, 4) is 12.3 Å². The zero-order chi connectivity index (χ0) is 13.7. The number of carbonyl (C=O) groups excluding carboxylic acids is 1. The Morgan fingerprint density at radius 3 is 2.95 bits per heavy atom. The molecule has 3 heteroatoms. The molecule has 0 aliphatic rings. The highest BCUT2D eigenvalue weighted by molar-refractivity contribution is 6.06. The maximum atomic E-state index is 12.5. The van der Waals surface area contributed by atoms with Gasteiger partial charge >= 0.3 is 0 Å². The molecular weight excluding hydrogens is 236 g/mol. The van der Waals surface area contributed by atoms with Crippen molar-refractivity contribution >= 4 is 16.8 Å². The van der Waals surface area contributed by atoms with E-state index in [-0.39, 0.29) is 5.91 Å². The van der Waals surface area contributed by atoms with Crippen LogP contribution in [-0.2, 0) is 0 Å². The highest BCUT2D eigenvalue weighted by Crippen LogP contribution is 2.18. The smallest absolute Gasteiger partial charge is 0.255 e. The normalized spacial score (nSPS) is 10.1. The van der Waals surface area contributed by atoms with Gasteiger partial charge in [-0.15, -0.1) is 6.42 Å². The number of hydrogen-bond acceptors (Lipinski definition) is 2. The lowest BCUT2D eigenvalue weighted by Gasteiger charge is -2.20. The van der Waals surface area contributed by atoms with Crippen LogP contribution in [0.25, 0.3) is 10.9 Å². The molecule has 0 bridgehead atoms. The second-order valence-corrected chi connectivity index (χ2v) is 4.31. The Labute approximate surface area is 113 Å². The molecule has 0 aliphatic heterocycles. The van der Waals surface area contributed by atoms with Gasteiger partial charge in [0.15, 0.2) is 0 Å². The molecule has 0 radical (unpaired) electrons. The van der Waals surface area contributed by atoms with Crippen LogP contribution < -0.4 is 0 Å². The molecule has 1 aromatic heterocycles. The van der Waals surface area contributed by atoms with E-state index in [1.807, 2.05) is 37.3 Å². The van der Waals surface area contributed by atoms with Crippen LogP contribution in [0.15, 0.2) is 36.5 Å². The molecule has 0 atom stereocenters. The van der Waals surface area contributed by atoms with Gasteiger partial charge < -0.3 is 4.90 Å². The zero-order valence-electron chi connectivity index (χ0n) is 11.0. The molecule has 0 saturated carbocycles. The first-order valence-corrected chi connectivity index (χ1v) is 6.34. The van der Waals surface area contributed by atoms with Gasteiger partial charge in [-0.2, -0.15) is 0 Å². The summed E-state index contributed by atoms with van der Waals surface area (Å²) in [6.07, 6.45) is 7.94. The van der Waals surface area contributed by atoms with E-state index in [1.54, 1.807) is 11.1 Å². The number of carbonyl (C=O) groups is 1. The van der Waals surface area contributed by atoms with E-state index < -0.39 is 0 Å². The van der Waals surface area contributed by atoms with Gasteiger partial charge in [0.1, 0.15) is 0 Å². The van der Waals surface area contributed by atoms with Gasteiger partial charge in [-0.05, 0) is 24.6 Å². The Morgan fingerprint density at radius 1 is 1.37 bits per heavy atom. The van der Waals surface area contributed by atoms with Crippen LogP contribution in [0.4, 0.5) is 0 Å². The fourth-order valence-corrected chi connectivity index (χ4v) is 2.09. The van der Waals surface area contributed by atoms with Crippen molar-refractivity contribution in [1.82, 2.24) is 9.88 Å². The number of fused-ring (bicyclic) bond motifs is 1. The van der Waals surface area contributed by atoms with Gasteiger partial charge in [0, 0.05) is 23.7 Å². The Bertz CT molecular complexity index is 623. The lowest BCUT2D eigenvalue weighted by Crippen LogP contribution is -2.32. The molecule has 1 aromatic carbocycles. The molecule has 1 amide bonds. The number of amides is 1. The van der Waals surface area contributed by atoms with Gasteiger partial charge in [0.05, 0.1) is 12.1 Å². The molecule has 2 rings (SSSR count). The van der Waals surface area contributed by atoms with E-state index in [1.165, 1.54) is 0 Å². The third-order valence-electron chi connectivity index (χ3n) is 2.94. The van der Waals surface area contributed by atoms with Crippen LogP contribution in [-0.4, -0.2) is 28.9 Å². The molecule has 0 aliphatic carbocycles. The summed E-state index contributed by atoms with van der Waals surface area (Å²) in [6.45, 7) is 3.03. The number of benzene rings is 1. The third kappa shape index (κ3) is 2.74. The minimum atomic E-state index is -0.0293. The van der Waals surface area contributed by atoms with Crippen molar-refractivity contribution in [2.75, 3.05) is 13.1 Å². The summed E-state index contributed by atoms with van der Waals surface area (Å²) in [5, 5.41) is 0.869. The second-order valence-electron chi connectivity index (χ2n) is 4.31. The number of nitrogens with zero attached hydrogens (tertiary/aromatic N) is 2. The summed E-state index contributed by atoms with van der Waals surface area (Å²) in [5.41, 5.74) is 1.49. The molecule has 3 nitrogen and oxygen atoms in total. The van der Waals surface area contributed by atoms with Crippen molar-refractivity contribution in [2.45, 2.75) is 13.3 Å². The van der Waals surface area contributed by atoms with Crippen LogP contribution in [0.1, 0.15) is 23.7 Å². The standard InChI is InChI=1S/C16H16N2O/c1-3-11-18(12-4-2)16(19)14-7-5-9-15-13(14)8-6-10-17-15/h1,5-10H,4,11-12H2,2H3. The van der Waals surface area contributed by atoms with Crippen molar-refractivity contribution in [3.63, 3.8) is 0 Å². The Hall–Kier alpha value is -2.34. The third-order valence-corrected chi connectivity index (χ3v) is 2.94. The van der Waals surface area contributed by atoms with Crippen LogP contribution in [0.5, 0.6) is 0 Å². The van der Waals surface area contributed by atoms with Gasteiger partial charge in [-0.3, -0.25) is 9.78 Å². The molecule has 0 spiro atoms. The van der Waals surface area contributed by atoms with E-state index in [2.05, 4.69) is 10.9 Å². The average molecular weight is 252 g/mol. The van der Waals surface area contributed by atoms with E-state index in [0.29, 0.717) is 18.7 Å². The number of rotatable bonds is 4. The Kier molecular flexibility index (Phi) is 4.15. The van der Waals surface area contributed by atoms with E-state index >= 15 is 0 Å². The summed E-state index contributed by atoms with van der Waals surface area (Å²) in [6, 6.07) is 9.32. The molecule has 0 fully saturated rings. The van der Waals surface area contributed by atoms with Gasteiger partial charge in [0.25, 0.3) is 5.91 Å². The highest BCUT2D eigenvalue weighted by Gasteiger charge is 2.16. The average Bonchev–Trinajstić information content (AvgIpc) is 2.46. The first-order chi connectivity index (χ1) is 9.27.